The fourth-order valence-corrected chi connectivity index (χ4v) is 2.79. The summed E-state index contributed by atoms with van der Waals surface area (Å²) in [6.07, 6.45) is 1.39. The van der Waals surface area contributed by atoms with Crippen LogP contribution in [0.2, 0.25) is 0 Å². The highest BCUT2D eigenvalue weighted by atomic mass is 16.5. The minimum absolute atomic E-state index is 0.0983. The fourth-order valence-electron chi connectivity index (χ4n) is 2.79. The molecule has 0 bridgehead atoms. The number of rotatable bonds is 6. The molecule has 0 aliphatic carbocycles. The lowest BCUT2D eigenvalue weighted by atomic mass is 9.85. The van der Waals surface area contributed by atoms with Crippen LogP contribution in [0.25, 0.3) is 10.8 Å². The maximum absolute atomic E-state index is 13.0. The van der Waals surface area contributed by atoms with Gasteiger partial charge in [-0.3, -0.25) is 4.79 Å². The summed E-state index contributed by atoms with van der Waals surface area (Å²) in [5, 5.41) is 2.10. The van der Waals surface area contributed by atoms with E-state index in [4.69, 9.17) is 4.74 Å². The Kier molecular flexibility index (Phi) is 4.56. The molecule has 106 valence electrons. The van der Waals surface area contributed by atoms with Crippen molar-refractivity contribution in [3.63, 3.8) is 0 Å². The van der Waals surface area contributed by atoms with Crippen LogP contribution >= 0.6 is 0 Å². The molecule has 0 radical (unpaired) electrons. The normalized spacial score (nSPS) is 11.8. The van der Waals surface area contributed by atoms with Crippen LogP contribution in [-0.2, 0) is 4.74 Å². The summed E-state index contributed by atoms with van der Waals surface area (Å²) in [5.41, 5.74) is 0.0686. The van der Waals surface area contributed by atoms with Crippen molar-refractivity contribution in [2.24, 2.45) is 0 Å². The van der Waals surface area contributed by atoms with Crippen LogP contribution in [0, 0.1) is 0 Å². The lowest BCUT2D eigenvalue weighted by Gasteiger charge is -2.30. The summed E-state index contributed by atoms with van der Waals surface area (Å²) in [4.78, 5) is 13.0. The van der Waals surface area contributed by atoms with Gasteiger partial charge in [-0.15, -0.1) is 0 Å². The van der Waals surface area contributed by atoms with Gasteiger partial charge >= 0.3 is 0 Å². The zero-order valence-electron chi connectivity index (χ0n) is 12.5. The second-order valence-electron chi connectivity index (χ2n) is 4.99. The van der Waals surface area contributed by atoms with Crippen LogP contribution in [0.3, 0.4) is 0 Å². The third-order valence-corrected chi connectivity index (χ3v) is 4.01. The molecule has 20 heavy (non-hydrogen) atoms. The summed E-state index contributed by atoms with van der Waals surface area (Å²) in [6, 6.07) is 13.9. The molecule has 0 amide bonds. The maximum Gasteiger partial charge on any atom is 0.195 e. The Morgan fingerprint density at radius 3 is 2.30 bits per heavy atom. The first kappa shape index (κ1) is 14.7. The van der Waals surface area contributed by atoms with Crippen molar-refractivity contribution in [1.29, 1.82) is 0 Å². The highest BCUT2D eigenvalue weighted by molar-refractivity contribution is 6.12. The number of ketones is 1. The fraction of sp³-hybridized carbons (Fsp3) is 0.389. The predicted octanol–water partition coefficient (Wildman–Crippen LogP) is 4.62. The molecule has 0 aliphatic rings. The molecule has 0 aliphatic heterocycles. The number of fused-ring (bicyclic) bond motifs is 1. The van der Waals surface area contributed by atoms with Gasteiger partial charge in [-0.05, 0) is 30.5 Å². The minimum atomic E-state index is -0.696. The topological polar surface area (TPSA) is 26.3 Å². The van der Waals surface area contributed by atoms with E-state index >= 15 is 0 Å². The SMILES string of the molecule is CCOC(CC)(CC)C(=O)c1cccc2ccccc12. The molecule has 0 fully saturated rings. The summed E-state index contributed by atoms with van der Waals surface area (Å²) in [7, 11) is 0. The first-order chi connectivity index (χ1) is 9.68. The van der Waals surface area contributed by atoms with Crippen molar-refractivity contribution in [3.8, 4) is 0 Å². The van der Waals surface area contributed by atoms with Gasteiger partial charge in [0.05, 0.1) is 0 Å². The predicted molar refractivity (Wildman–Crippen MR) is 83.2 cm³/mol. The van der Waals surface area contributed by atoms with Crippen LogP contribution in [0.5, 0.6) is 0 Å². The Balaban J connectivity index is 2.54. The van der Waals surface area contributed by atoms with Crippen molar-refractivity contribution >= 4 is 16.6 Å². The molecule has 0 saturated heterocycles. The first-order valence-corrected chi connectivity index (χ1v) is 7.35. The summed E-state index contributed by atoms with van der Waals surface area (Å²) >= 11 is 0. The lowest BCUT2D eigenvalue weighted by molar-refractivity contribution is -0.0249. The summed E-state index contributed by atoms with van der Waals surface area (Å²) < 4.78 is 5.84. The van der Waals surface area contributed by atoms with E-state index < -0.39 is 5.60 Å². The zero-order valence-corrected chi connectivity index (χ0v) is 12.5. The number of carbonyl (C=O) groups is 1. The van der Waals surface area contributed by atoms with Crippen molar-refractivity contribution in [3.05, 3.63) is 48.0 Å². The standard InChI is InChI=1S/C18H22O2/c1-4-18(5-2,20-6-3)17(19)16-13-9-11-14-10-7-8-12-15(14)16/h7-13H,4-6H2,1-3H3. The van der Waals surface area contributed by atoms with Gasteiger partial charge in [0.2, 0.25) is 0 Å². The van der Waals surface area contributed by atoms with Gasteiger partial charge in [0.25, 0.3) is 0 Å². The van der Waals surface area contributed by atoms with E-state index in [2.05, 4.69) is 0 Å². The average molecular weight is 270 g/mol. The molecular weight excluding hydrogens is 248 g/mol. The largest absolute Gasteiger partial charge is 0.367 e. The molecule has 2 aromatic carbocycles. The van der Waals surface area contributed by atoms with E-state index in [-0.39, 0.29) is 5.78 Å². The van der Waals surface area contributed by atoms with Gasteiger partial charge in [0.1, 0.15) is 5.60 Å². The van der Waals surface area contributed by atoms with Crippen LogP contribution in [0.15, 0.2) is 42.5 Å². The number of Topliss-reactive ketones (excluding diaryl/α,β-unsaturated/α-hetero) is 1. The second-order valence-corrected chi connectivity index (χ2v) is 4.99. The Morgan fingerprint density at radius 1 is 1.00 bits per heavy atom. The lowest BCUT2D eigenvalue weighted by Crippen LogP contribution is -2.40. The highest BCUT2D eigenvalue weighted by Gasteiger charge is 2.36. The molecule has 0 N–H and O–H groups in total. The van der Waals surface area contributed by atoms with Crippen molar-refractivity contribution in [2.45, 2.75) is 39.2 Å². The number of hydrogen-bond donors (Lipinski definition) is 0. The third-order valence-electron chi connectivity index (χ3n) is 4.01. The van der Waals surface area contributed by atoms with Crippen molar-refractivity contribution < 1.29 is 9.53 Å². The highest BCUT2D eigenvalue weighted by Crippen LogP contribution is 2.29. The zero-order chi connectivity index (χ0) is 14.6. The van der Waals surface area contributed by atoms with Crippen LogP contribution in [-0.4, -0.2) is 18.0 Å². The van der Waals surface area contributed by atoms with Gasteiger partial charge in [-0.2, -0.15) is 0 Å². The van der Waals surface area contributed by atoms with Crippen LogP contribution in [0.1, 0.15) is 44.0 Å². The molecule has 0 aromatic heterocycles. The van der Waals surface area contributed by atoms with Crippen molar-refractivity contribution in [1.82, 2.24) is 0 Å². The third kappa shape index (κ3) is 2.48. The molecule has 2 heteroatoms. The van der Waals surface area contributed by atoms with Gasteiger partial charge in [-0.1, -0.05) is 56.3 Å². The summed E-state index contributed by atoms with van der Waals surface area (Å²) in [6.45, 7) is 6.53. The Morgan fingerprint density at radius 2 is 1.65 bits per heavy atom. The van der Waals surface area contributed by atoms with Gasteiger partial charge in [0.15, 0.2) is 5.78 Å². The monoisotopic (exact) mass is 270 g/mol. The maximum atomic E-state index is 13.0. The molecule has 2 rings (SSSR count). The second kappa shape index (κ2) is 6.19. The van der Waals surface area contributed by atoms with E-state index in [1.807, 2.05) is 63.2 Å². The van der Waals surface area contributed by atoms with Crippen molar-refractivity contribution in [2.75, 3.05) is 6.61 Å². The minimum Gasteiger partial charge on any atom is -0.367 e. The average Bonchev–Trinajstić information content (AvgIpc) is 2.51. The van der Waals surface area contributed by atoms with E-state index in [0.29, 0.717) is 19.4 Å². The number of carbonyl (C=O) groups excluding carboxylic acids is 1. The number of ether oxygens (including phenoxy) is 1. The molecule has 2 aromatic rings. The first-order valence-electron chi connectivity index (χ1n) is 7.35. The van der Waals surface area contributed by atoms with E-state index in [1.54, 1.807) is 0 Å². The van der Waals surface area contributed by atoms with E-state index in [1.165, 1.54) is 0 Å². The number of benzene rings is 2. The van der Waals surface area contributed by atoms with E-state index in [9.17, 15) is 4.79 Å². The molecule has 0 saturated carbocycles. The molecule has 0 heterocycles. The van der Waals surface area contributed by atoms with Crippen LogP contribution in [0.4, 0.5) is 0 Å². The molecular formula is C18H22O2. The smallest absolute Gasteiger partial charge is 0.195 e. The Bertz CT molecular complexity index is 592. The Labute approximate surface area is 120 Å². The quantitative estimate of drug-likeness (QED) is 0.716. The number of hydrogen-bond acceptors (Lipinski definition) is 2. The van der Waals surface area contributed by atoms with Gasteiger partial charge in [0, 0.05) is 12.2 Å². The van der Waals surface area contributed by atoms with Gasteiger partial charge in [-0.25, -0.2) is 0 Å². The van der Waals surface area contributed by atoms with Gasteiger partial charge < -0.3 is 4.74 Å². The molecule has 0 spiro atoms. The van der Waals surface area contributed by atoms with Crippen LogP contribution < -0.4 is 0 Å². The molecule has 0 unspecified atom stereocenters. The Hall–Kier alpha value is -1.67. The van der Waals surface area contributed by atoms with E-state index in [0.717, 1.165) is 16.3 Å². The molecule has 2 nitrogen and oxygen atoms in total. The molecule has 0 atom stereocenters. The summed E-state index contributed by atoms with van der Waals surface area (Å²) in [5.74, 6) is 0.0983.